The van der Waals surface area contributed by atoms with E-state index in [4.69, 9.17) is 4.74 Å². The van der Waals surface area contributed by atoms with E-state index in [9.17, 15) is 4.79 Å². The Bertz CT molecular complexity index is 931. The largest absolute Gasteiger partial charge is 0.489 e. The van der Waals surface area contributed by atoms with Crippen LogP contribution < -0.4 is 15.0 Å². The molecule has 0 spiro atoms. The summed E-state index contributed by atoms with van der Waals surface area (Å²) < 4.78 is 5.78. The molecule has 0 radical (unpaired) electrons. The maximum atomic E-state index is 12.4. The lowest BCUT2D eigenvalue weighted by Gasteiger charge is -2.40. The average molecular weight is 360 g/mol. The summed E-state index contributed by atoms with van der Waals surface area (Å²) in [5.74, 6) is 0.840. The van der Waals surface area contributed by atoms with Crippen molar-refractivity contribution in [3.63, 3.8) is 0 Å². The van der Waals surface area contributed by atoms with Crippen LogP contribution in [0.4, 0.5) is 5.69 Å². The molecular weight excluding hydrogens is 336 g/mol. The third kappa shape index (κ3) is 2.55. The monoisotopic (exact) mass is 360 g/mol. The van der Waals surface area contributed by atoms with E-state index in [1.54, 1.807) is 6.08 Å². The van der Waals surface area contributed by atoms with E-state index >= 15 is 0 Å². The number of fused-ring (bicyclic) bond motifs is 3. The van der Waals surface area contributed by atoms with Crippen molar-refractivity contribution in [2.75, 3.05) is 18.1 Å². The third-order valence-corrected chi connectivity index (χ3v) is 5.66. The molecule has 0 aliphatic carbocycles. The number of para-hydroxylation sites is 2. The summed E-state index contributed by atoms with van der Waals surface area (Å²) in [4.78, 5) is 14.5. The van der Waals surface area contributed by atoms with Gasteiger partial charge in [0.25, 0.3) is 0 Å². The first-order valence-corrected chi connectivity index (χ1v) is 9.20. The summed E-state index contributed by atoms with van der Waals surface area (Å²) in [7, 11) is 0. The molecule has 4 heteroatoms. The molecule has 4 nitrogen and oxygen atoms in total. The quantitative estimate of drug-likeness (QED) is 0.823. The van der Waals surface area contributed by atoms with E-state index in [1.165, 1.54) is 5.56 Å². The lowest BCUT2D eigenvalue weighted by molar-refractivity contribution is -0.118. The zero-order valence-corrected chi connectivity index (χ0v) is 15.7. The van der Waals surface area contributed by atoms with Gasteiger partial charge in [0, 0.05) is 16.7 Å². The van der Waals surface area contributed by atoms with E-state index in [0.29, 0.717) is 13.2 Å². The second kappa shape index (κ2) is 6.31. The highest BCUT2D eigenvalue weighted by molar-refractivity contribution is 5.91. The van der Waals surface area contributed by atoms with Gasteiger partial charge in [-0.2, -0.15) is 0 Å². The topological polar surface area (TPSA) is 41.6 Å². The van der Waals surface area contributed by atoms with Gasteiger partial charge >= 0.3 is 0 Å². The van der Waals surface area contributed by atoms with Crippen LogP contribution in [0.2, 0.25) is 0 Å². The van der Waals surface area contributed by atoms with Gasteiger partial charge in [-0.15, -0.1) is 0 Å². The number of nitrogens with zero attached hydrogens (tertiary/aromatic N) is 1. The Morgan fingerprint density at radius 3 is 2.74 bits per heavy atom. The molecule has 2 aromatic carbocycles. The van der Waals surface area contributed by atoms with Gasteiger partial charge in [0.15, 0.2) is 0 Å². The van der Waals surface area contributed by atoms with Gasteiger partial charge < -0.3 is 15.0 Å². The number of rotatable bonds is 5. The second-order valence-corrected chi connectivity index (χ2v) is 7.51. The highest BCUT2D eigenvalue weighted by atomic mass is 16.5. The Morgan fingerprint density at radius 2 is 1.93 bits per heavy atom. The minimum atomic E-state index is -0.598. The van der Waals surface area contributed by atoms with Crippen LogP contribution in [0, 0.1) is 0 Å². The molecule has 27 heavy (non-hydrogen) atoms. The van der Waals surface area contributed by atoms with Crippen LogP contribution in [0.5, 0.6) is 5.75 Å². The molecule has 1 amide bonds. The molecule has 0 bridgehead atoms. The number of anilines is 1. The number of hydrogen-bond donors (Lipinski definition) is 1. The van der Waals surface area contributed by atoms with E-state index in [0.717, 1.165) is 17.0 Å². The number of hydrogen-bond acceptors (Lipinski definition) is 3. The molecule has 4 rings (SSSR count). The Morgan fingerprint density at radius 1 is 1.19 bits per heavy atom. The molecule has 0 saturated carbocycles. The van der Waals surface area contributed by atoms with E-state index < -0.39 is 5.66 Å². The minimum absolute atomic E-state index is 0.0402. The van der Waals surface area contributed by atoms with Gasteiger partial charge in [0.1, 0.15) is 18.0 Å². The highest BCUT2D eigenvalue weighted by Crippen LogP contribution is 2.52. The molecule has 2 heterocycles. The number of benzene rings is 2. The van der Waals surface area contributed by atoms with Crippen LogP contribution in [0.15, 0.2) is 67.3 Å². The van der Waals surface area contributed by atoms with Crippen molar-refractivity contribution >= 4 is 17.7 Å². The maximum Gasteiger partial charge on any atom is 0.241 e. The lowest BCUT2D eigenvalue weighted by atomic mass is 9.75. The van der Waals surface area contributed by atoms with Crippen LogP contribution >= 0.6 is 0 Å². The summed E-state index contributed by atoms with van der Waals surface area (Å²) in [6, 6.07) is 16.2. The van der Waals surface area contributed by atoms with Crippen molar-refractivity contribution in [1.29, 1.82) is 0 Å². The second-order valence-electron chi connectivity index (χ2n) is 7.51. The molecule has 1 unspecified atom stereocenters. The zero-order valence-electron chi connectivity index (χ0n) is 15.7. The van der Waals surface area contributed by atoms with Crippen molar-refractivity contribution < 1.29 is 9.53 Å². The molecule has 1 saturated heterocycles. The fourth-order valence-electron chi connectivity index (χ4n) is 4.25. The predicted molar refractivity (Wildman–Crippen MR) is 109 cm³/mol. The van der Waals surface area contributed by atoms with E-state index in [1.807, 2.05) is 36.4 Å². The highest BCUT2D eigenvalue weighted by Gasteiger charge is 2.59. The van der Waals surface area contributed by atoms with Crippen LogP contribution in [0.3, 0.4) is 0 Å². The van der Waals surface area contributed by atoms with Crippen LogP contribution in [0.1, 0.15) is 25.0 Å². The molecule has 1 N–H and O–H groups in total. The number of ether oxygens (including phenoxy) is 1. The first-order chi connectivity index (χ1) is 13.0. The zero-order chi connectivity index (χ0) is 19.1. The number of amides is 1. The number of carbonyl (C=O) groups excluding carboxylic acids is 1. The SMILES string of the molecule is C=CCOc1ccccc1/C=C/C12NC(=O)CN1c1ccccc1C2(C)C. The fraction of sp³-hybridized carbons (Fsp3) is 0.261. The van der Waals surface area contributed by atoms with Crippen molar-refractivity contribution in [2.24, 2.45) is 0 Å². The van der Waals surface area contributed by atoms with Crippen LogP contribution in [-0.2, 0) is 10.2 Å². The number of carbonyl (C=O) groups is 1. The van der Waals surface area contributed by atoms with Gasteiger partial charge in [-0.25, -0.2) is 0 Å². The summed E-state index contributed by atoms with van der Waals surface area (Å²) in [5, 5.41) is 3.24. The molecular formula is C23H24N2O2. The fourth-order valence-corrected chi connectivity index (χ4v) is 4.25. The molecule has 138 valence electrons. The average Bonchev–Trinajstić information content (AvgIpc) is 3.10. The molecule has 0 aromatic heterocycles. The van der Waals surface area contributed by atoms with Gasteiger partial charge in [0.05, 0.1) is 6.54 Å². The van der Waals surface area contributed by atoms with Crippen LogP contribution in [0.25, 0.3) is 6.08 Å². The van der Waals surface area contributed by atoms with Crippen molar-refractivity contribution in [1.82, 2.24) is 5.32 Å². The van der Waals surface area contributed by atoms with E-state index in [2.05, 4.69) is 54.9 Å². The summed E-state index contributed by atoms with van der Waals surface area (Å²) in [5.41, 5.74) is 2.46. The Kier molecular flexibility index (Phi) is 4.06. The van der Waals surface area contributed by atoms with Gasteiger partial charge in [-0.1, -0.05) is 69.0 Å². The molecule has 1 atom stereocenters. The first-order valence-electron chi connectivity index (χ1n) is 9.20. The Labute approximate surface area is 160 Å². The summed E-state index contributed by atoms with van der Waals surface area (Å²) in [6.45, 7) is 8.89. The molecule has 2 aliphatic heterocycles. The van der Waals surface area contributed by atoms with Crippen molar-refractivity contribution in [3.8, 4) is 5.75 Å². The third-order valence-electron chi connectivity index (χ3n) is 5.66. The van der Waals surface area contributed by atoms with Gasteiger partial charge in [-0.05, 0) is 23.8 Å². The maximum absolute atomic E-state index is 12.4. The minimum Gasteiger partial charge on any atom is -0.489 e. The summed E-state index contributed by atoms with van der Waals surface area (Å²) >= 11 is 0. The van der Waals surface area contributed by atoms with Crippen molar-refractivity contribution in [3.05, 3.63) is 78.4 Å². The normalized spacial score (nSPS) is 22.4. The molecule has 1 fully saturated rings. The Balaban J connectivity index is 1.78. The Hall–Kier alpha value is -3.01. The van der Waals surface area contributed by atoms with E-state index in [-0.39, 0.29) is 11.3 Å². The molecule has 2 aliphatic rings. The summed E-state index contributed by atoms with van der Waals surface area (Å²) in [6.07, 6.45) is 5.88. The number of nitrogens with one attached hydrogen (secondary N) is 1. The first kappa shape index (κ1) is 17.4. The molecule has 2 aromatic rings. The predicted octanol–water partition coefficient (Wildman–Crippen LogP) is 3.89. The van der Waals surface area contributed by atoms with Crippen molar-refractivity contribution in [2.45, 2.75) is 24.9 Å². The standard InChI is InChI=1S/C23H24N2O2/c1-4-15-27-20-12-8-5-9-17(20)13-14-23-22(2,3)18-10-6-7-11-19(18)25(23)16-21(26)24-23/h4-14H,1,15-16H2,2-3H3,(H,24,26)/b14-13+. The van der Waals surface area contributed by atoms with Gasteiger partial charge in [-0.3, -0.25) is 4.79 Å². The lowest BCUT2D eigenvalue weighted by Crippen LogP contribution is -2.58. The van der Waals surface area contributed by atoms with Gasteiger partial charge in [0.2, 0.25) is 5.91 Å². The van der Waals surface area contributed by atoms with Crippen LogP contribution in [-0.4, -0.2) is 24.7 Å². The smallest absolute Gasteiger partial charge is 0.241 e.